The van der Waals surface area contributed by atoms with E-state index in [0.29, 0.717) is 6.42 Å². The summed E-state index contributed by atoms with van der Waals surface area (Å²) in [6.45, 7) is 7.38. The number of hydrogen-bond donors (Lipinski definition) is 0. The zero-order chi connectivity index (χ0) is 12.6. The number of nitrogens with zero attached hydrogens (tertiary/aromatic N) is 2. The van der Waals surface area contributed by atoms with Gasteiger partial charge in [-0.15, -0.1) is 0 Å². The van der Waals surface area contributed by atoms with E-state index < -0.39 is 5.92 Å². The highest BCUT2D eigenvalue weighted by molar-refractivity contribution is 5.81. The number of carbonyl (C=O) groups is 1. The average Bonchev–Trinajstić information content (AvgIpc) is 2.30. The molecule has 0 aliphatic rings. The van der Waals surface area contributed by atoms with Gasteiger partial charge in [0, 0.05) is 12.4 Å². The molecule has 3 heteroatoms. The summed E-state index contributed by atoms with van der Waals surface area (Å²) in [5, 5.41) is 8.76. The van der Waals surface area contributed by atoms with E-state index in [1.54, 1.807) is 12.4 Å². The Balaban J connectivity index is 0.00000106. The van der Waals surface area contributed by atoms with E-state index in [4.69, 9.17) is 5.26 Å². The summed E-state index contributed by atoms with van der Waals surface area (Å²) in [4.78, 5) is 15.0. The second-order valence-electron chi connectivity index (χ2n) is 3.30. The number of aromatic nitrogens is 1. The van der Waals surface area contributed by atoms with E-state index >= 15 is 0 Å². The summed E-state index contributed by atoms with van der Waals surface area (Å²) in [6.07, 6.45) is 3.90. The van der Waals surface area contributed by atoms with Crippen molar-refractivity contribution in [1.82, 2.24) is 4.98 Å². The summed E-state index contributed by atoms with van der Waals surface area (Å²) < 4.78 is 0. The molecule has 0 bridgehead atoms. The third kappa shape index (κ3) is 4.22. The van der Waals surface area contributed by atoms with Gasteiger partial charge < -0.3 is 0 Å². The number of nitriles is 1. The molecule has 0 N–H and O–H groups in total. The van der Waals surface area contributed by atoms with Crippen molar-refractivity contribution in [3.05, 3.63) is 29.6 Å². The first-order valence-electron chi connectivity index (χ1n) is 5.44. The van der Waals surface area contributed by atoms with Crippen LogP contribution in [0.15, 0.2) is 18.5 Å². The average molecular weight is 218 g/mol. The summed E-state index contributed by atoms with van der Waals surface area (Å²) in [5.41, 5.74) is 2.04. The van der Waals surface area contributed by atoms with Crippen molar-refractivity contribution in [3.8, 4) is 6.07 Å². The minimum Gasteiger partial charge on any atom is -0.299 e. The van der Waals surface area contributed by atoms with E-state index in [1.807, 2.05) is 32.9 Å². The lowest BCUT2D eigenvalue weighted by atomic mass is 9.96. The van der Waals surface area contributed by atoms with Gasteiger partial charge in [0.05, 0.1) is 6.07 Å². The molecule has 0 radical (unpaired) electrons. The van der Waals surface area contributed by atoms with Gasteiger partial charge in [0.15, 0.2) is 0 Å². The Bertz CT molecular complexity index is 380. The minimum atomic E-state index is -0.531. The van der Waals surface area contributed by atoms with Gasteiger partial charge in [-0.1, -0.05) is 13.8 Å². The normalized spacial score (nSPS) is 10.7. The minimum absolute atomic E-state index is 0.0799. The van der Waals surface area contributed by atoms with Crippen LogP contribution in [0.25, 0.3) is 0 Å². The number of ketones is 1. The fourth-order valence-electron chi connectivity index (χ4n) is 1.23. The largest absolute Gasteiger partial charge is 0.299 e. The molecular weight excluding hydrogens is 200 g/mol. The molecule has 0 saturated carbocycles. The maximum atomic E-state index is 11.1. The first-order valence-corrected chi connectivity index (χ1v) is 5.44. The first-order chi connectivity index (χ1) is 7.65. The van der Waals surface area contributed by atoms with Crippen LogP contribution in [0.3, 0.4) is 0 Å². The van der Waals surface area contributed by atoms with Crippen LogP contribution >= 0.6 is 0 Å². The van der Waals surface area contributed by atoms with Crippen LogP contribution in [0.2, 0.25) is 0 Å². The van der Waals surface area contributed by atoms with Crippen LogP contribution in [0.1, 0.15) is 31.9 Å². The molecule has 0 aromatic carbocycles. The number of Topliss-reactive ketones (excluding diaryl/α,β-unsaturated/α-hetero) is 1. The maximum absolute atomic E-state index is 11.1. The predicted octanol–water partition coefficient (Wildman–Crippen LogP) is 2.69. The maximum Gasteiger partial charge on any atom is 0.147 e. The van der Waals surface area contributed by atoms with Crippen molar-refractivity contribution < 1.29 is 4.79 Å². The lowest BCUT2D eigenvalue weighted by molar-refractivity contribution is -0.119. The summed E-state index contributed by atoms with van der Waals surface area (Å²) in [6, 6.07) is 3.86. The molecule has 1 rings (SSSR count). The highest BCUT2D eigenvalue weighted by Gasteiger charge is 2.14. The molecule has 1 aromatic rings. The van der Waals surface area contributed by atoms with Crippen LogP contribution < -0.4 is 0 Å². The lowest BCUT2D eigenvalue weighted by Crippen LogP contribution is -2.12. The topological polar surface area (TPSA) is 53.8 Å². The highest BCUT2D eigenvalue weighted by Crippen LogP contribution is 2.12. The van der Waals surface area contributed by atoms with Crippen molar-refractivity contribution in [1.29, 1.82) is 5.26 Å². The Labute approximate surface area is 97.1 Å². The van der Waals surface area contributed by atoms with Crippen molar-refractivity contribution in [2.45, 2.75) is 34.1 Å². The van der Waals surface area contributed by atoms with Crippen molar-refractivity contribution in [2.75, 3.05) is 0 Å². The molecule has 3 nitrogen and oxygen atoms in total. The summed E-state index contributed by atoms with van der Waals surface area (Å²) in [7, 11) is 0. The zero-order valence-electron chi connectivity index (χ0n) is 10.3. The fourth-order valence-corrected chi connectivity index (χ4v) is 1.23. The molecule has 0 amide bonds. The fraction of sp³-hybridized carbons (Fsp3) is 0.462. The highest BCUT2D eigenvalue weighted by atomic mass is 16.1. The van der Waals surface area contributed by atoms with E-state index in [-0.39, 0.29) is 5.78 Å². The Kier molecular flexibility index (Phi) is 6.78. The molecule has 1 heterocycles. The number of carbonyl (C=O) groups excluding carboxylic acids is 1. The van der Waals surface area contributed by atoms with Crippen molar-refractivity contribution in [2.24, 2.45) is 5.92 Å². The first kappa shape index (κ1) is 14.3. The monoisotopic (exact) mass is 218 g/mol. The Morgan fingerprint density at radius 2 is 2.19 bits per heavy atom. The van der Waals surface area contributed by atoms with E-state index in [1.165, 1.54) is 6.92 Å². The third-order valence-electron chi connectivity index (χ3n) is 2.21. The third-order valence-corrected chi connectivity index (χ3v) is 2.21. The SMILES string of the molecule is CC.CC(=O)C(C#N)Cc1ccncc1C. The van der Waals surface area contributed by atoms with Crippen LogP contribution in [-0.2, 0) is 11.2 Å². The Morgan fingerprint density at radius 1 is 1.56 bits per heavy atom. The molecule has 0 spiro atoms. The molecule has 0 saturated heterocycles. The van der Waals surface area contributed by atoms with Gasteiger partial charge >= 0.3 is 0 Å². The predicted molar refractivity (Wildman–Crippen MR) is 63.8 cm³/mol. The van der Waals surface area contributed by atoms with Crippen LogP contribution in [0.4, 0.5) is 0 Å². The summed E-state index contributed by atoms with van der Waals surface area (Å²) >= 11 is 0. The molecular formula is C13H18N2O. The van der Waals surface area contributed by atoms with Gasteiger partial charge in [-0.3, -0.25) is 9.78 Å². The van der Waals surface area contributed by atoms with Crippen LogP contribution in [0.5, 0.6) is 0 Å². The van der Waals surface area contributed by atoms with Gasteiger partial charge in [-0.25, -0.2) is 0 Å². The Morgan fingerprint density at radius 3 is 2.62 bits per heavy atom. The number of rotatable bonds is 3. The molecule has 0 aliphatic heterocycles. The van der Waals surface area contributed by atoms with E-state index in [0.717, 1.165) is 11.1 Å². The van der Waals surface area contributed by atoms with Crippen molar-refractivity contribution >= 4 is 5.78 Å². The summed E-state index contributed by atoms with van der Waals surface area (Å²) in [5.74, 6) is -0.611. The lowest BCUT2D eigenvalue weighted by Gasteiger charge is -2.07. The molecule has 1 unspecified atom stereocenters. The second kappa shape index (κ2) is 7.58. The number of hydrogen-bond acceptors (Lipinski definition) is 3. The van der Waals surface area contributed by atoms with Gasteiger partial charge in [0.1, 0.15) is 11.7 Å². The number of pyridine rings is 1. The smallest absolute Gasteiger partial charge is 0.147 e. The molecule has 0 aliphatic carbocycles. The Hall–Kier alpha value is -1.69. The van der Waals surface area contributed by atoms with E-state index in [2.05, 4.69) is 4.98 Å². The standard InChI is InChI=1S/C11H12N2O.C2H6/c1-8-7-13-4-3-10(8)5-11(6-12)9(2)14;1-2/h3-4,7,11H,5H2,1-2H3;1-2H3. The van der Waals surface area contributed by atoms with Crippen molar-refractivity contribution in [3.63, 3.8) is 0 Å². The van der Waals surface area contributed by atoms with Gasteiger partial charge in [-0.2, -0.15) is 5.26 Å². The van der Waals surface area contributed by atoms with E-state index in [9.17, 15) is 4.79 Å². The second-order valence-corrected chi connectivity index (χ2v) is 3.30. The molecule has 1 atom stereocenters. The molecule has 1 aromatic heterocycles. The van der Waals surface area contributed by atoms with Gasteiger partial charge in [0.2, 0.25) is 0 Å². The van der Waals surface area contributed by atoms with Crippen LogP contribution in [-0.4, -0.2) is 10.8 Å². The molecule has 0 fully saturated rings. The molecule has 16 heavy (non-hydrogen) atoms. The van der Waals surface area contributed by atoms with Crippen LogP contribution in [0, 0.1) is 24.2 Å². The van der Waals surface area contributed by atoms with Gasteiger partial charge in [-0.05, 0) is 37.5 Å². The quantitative estimate of drug-likeness (QED) is 0.783. The van der Waals surface area contributed by atoms with Gasteiger partial charge in [0.25, 0.3) is 0 Å². The molecule has 86 valence electrons. The zero-order valence-corrected chi connectivity index (χ0v) is 10.3. The number of aryl methyl sites for hydroxylation is 1.